The number of carbonyl (C=O) groups excluding carboxylic acids is 2. The molecule has 0 N–H and O–H groups in total. The number of esters is 1. The lowest BCUT2D eigenvalue weighted by molar-refractivity contribution is -0.136. The van der Waals surface area contributed by atoms with Gasteiger partial charge in [0.15, 0.2) is 5.12 Å². The normalized spacial score (nSPS) is 9.31. The van der Waals surface area contributed by atoms with E-state index in [-0.39, 0.29) is 6.42 Å². The molecule has 0 aromatic heterocycles. The monoisotopic (exact) mass is 196 g/mol. The van der Waals surface area contributed by atoms with E-state index in [1.165, 1.54) is 0 Å². The summed E-state index contributed by atoms with van der Waals surface area (Å²) in [6.45, 7) is 0. The van der Waals surface area contributed by atoms with Gasteiger partial charge in [0.05, 0.1) is 0 Å². The molecule has 3 nitrogen and oxygen atoms in total. The molecule has 0 heterocycles. The quantitative estimate of drug-likeness (QED) is 0.344. The zero-order chi connectivity index (χ0) is 9.68. The first-order valence-corrected chi connectivity index (χ1v) is 4.11. The largest absolute Gasteiger partial charge is 0.426 e. The van der Waals surface area contributed by atoms with E-state index in [0.29, 0.717) is 5.75 Å². The maximum absolute atomic E-state index is 10.9. The van der Waals surface area contributed by atoms with Crippen LogP contribution in [0.15, 0.2) is 30.3 Å². The average Bonchev–Trinajstić information content (AvgIpc) is 2.04. The lowest BCUT2D eigenvalue weighted by Crippen LogP contribution is -2.10. The Labute approximate surface area is 81.1 Å². The van der Waals surface area contributed by atoms with Gasteiger partial charge in [0, 0.05) is 0 Å². The molecule has 13 heavy (non-hydrogen) atoms. The number of thiol groups is 1. The number of ether oxygens (including phenoxy) is 1. The Morgan fingerprint density at radius 3 is 2.38 bits per heavy atom. The predicted molar refractivity (Wildman–Crippen MR) is 50.7 cm³/mol. The summed E-state index contributed by atoms with van der Waals surface area (Å²) in [5.41, 5.74) is 0. The molecule has 0 amide bonds. The molecule has 0 aliphatic heterocycles. The summed E-state index contributed by atoms with van der Waals surface area (Å²) >= 11 is 3.46. The summed E-state index contributed by atoms with van der Waals surface area (Å²) in [7, 11) is 0. The fourth-order valence-corrected chi connectivity index (χ4v) is 0.909. The fourth-order valence-electron chi connectivity index (χ4n) is 0.780. The second kappa shape index (κ2) is 4.67. The minimum Gasteiger partial charge on any atom is -0.426 e. The molecule has 1 rings (SSSR count). The summed E-state index contributed by atoms with van der Waals surface area (Å²) in [4.78, 5) is 21.3. The van der Waals surface area contributed by atoms with Crippen LogP contribution in [0.25, 0.3) is 0 Å². The molecule has 1 aromatic rings. The van der Waals surface area contributed by atoms with E-state index < -0.39 is 11.1 Å². The molecule has 0 aliphatic rings. The Morgan fingerprint density at radius 2 is 1.85 bits per heavy atom. The highest BCUT2D eigenvalue weighted by atomic mass is 32.1. The van der Waals surface area contributed by atoms with Crippen molar-refractivity contribution < 1.29 is 14.3 Å². The van der Waals surface area contributed by atoms with Crippen LogP contribution in [0.1, 0.15) is 6.42 Å². The van der Waals surface area contributed by atoms with Gasteiger partial charge >= 0.3 is 5.97 Å². The van der Waals surface area contributed by atoms with Crippen molar-refractivity contribution >= 4 is 23.7 Å². The maximum Gasteiger partial charge on any atom is 0.319 e. The Morgan fingerprint density at radius 1 is 1.23 bits per heavy atom. The van der Waals surface area contributed by atoms with Crippen LogP contribution in [0.3, 0.4) is 0 Å². The third-order valence-corrected chi connectivity index (χ3v) is 1.43. The molecule has 0 saturated carbocycles. The molecule has 68 valence electrons. The molecule has 0 spiro atoms. The van der Waals surface area contributed by atoms with Crippen LogP contribution in [0.4, 0.5) is 0 Å². The van der Waals surface area contributed by atoms with E-state index in [1.807, 2.05) is 0 Å². The second-order valence-corrected chi connectivity index (χ2v) is 2.86. The van der Waals surface area contributed by atoms with Gasteiger partial charge in [-0.2, -0.15) is 0 Å². The summed E-state index contributed by atoms with van der Waals surface area (Å²) in [6.07, 6.45) is -0.308. The Bertz CT molecular complexity index is 308. The van der Waals surface area contributed by atoms with E-state index in [0.717, 1.165) is 0 Å². The topological polar surface area (TPSA) is 43.4 Å². The Hall–Kier alpha value is -1.29. The molecule has 0 bridgehead atoms. The zero-order valence-corrected chi connectivity index (χ0v) is 7.66. The number of hydrogen-bond donors (Lipinski definition) is 1. The Balaban J connectivity index is 2.50. The molecule has 0 fully saturated rings. The molecular formula is C9H8O3S. The number of para-hydroxylation sites is 1. The molecule has 0 saturated heterocycles. The van der Waals surface area contributed by atoms with Gasteiger partial charge in [0.1, 0.15) is 12.2 Å². The standard InChI is InChI=1S/C9H8O3S/c10-8(6-9(11)13)12-7-4-2-1-3-5-7/h1-5H,6H2,(H,11,13). The minimum absolute atomic E-state index is 0.308. The van der Waals surface area contributed by atoms with Crippen molar-refractivity contribution in [3.8, 4) is 5.75 Å². The molecule has 1 aromatic carbocycles. The predicted octanol–water partition coefficient (Wildman–Crippen LogP) is 1.44. The summed E-state index contributed by atoms with van der Waals surface area (Å²) in [5, 5.41) is -0.499. The highest BCUT2D eigenvalue weighted by Gasteiger charge is 2.07. The van der Waals surface area contributed by atoms with Gasteiger partial charge in [-0.25, -0.2) is 0 Å². The van der Waals surface area contributed by atoms with Crippen molar-refractivity contribution in [1.82, 2.24) is 0 Å². The van der Waals surface area contributed by atoms with Gasteiger partial charge in [-0.15, -0.1) is 12.6 Å². The van der Waals surface area contributed by atoms with Crippen LogP contribution in [0.5, 0.6) is 5.75 Å². The highest BCUT2D eigenvalue weighted by Crippen LogP contribution is 2.09. The van der Waals surface area contributed by atoms with Crippen LogP contribution in [0.2, 0.25) is 0 Å². The first kappa shape index (κ1) is 9.80. The Kier molecular flexibility index (Phi) is 3.52. The van der Waals surface area contributed by atoms with E-state index in [1.54, 1.807) is 30.3 Å². The zero-order valence-electron chi connectivity index (χ0n) is 6.77. The number of benzene rings is 1. The van der Waals surface area contributed by atoms with E-state index in [2.05, 4.69) is 12.6 Å². The SMILES string of the molecule is O=C(S)CC(=O)Oc1ccccc1. The van der Waals surface area contributed by atoms with E-state index in [9.17, 15) is 9.59 Å². The van der Waals surface area contributed by atoms with Gasteiger partial charge in [-0.1, -0.05) is 18.2 Å². The number of rotatable bonds is 3. The highest BCUT2D eigenvalue weighted by molar-refractivity contribution is 7.96. The van der Waals surface area contributed by atoms with Crippen molar-refractivity contribution in [3.05, 3.63) is 30.3 Å². The summed E-state index contributed by atoms with van der Waals surface area (Å²) in [6, 6.07) is 8.57. The molecule has 0 aliphatic carbocycles. The summed E-state index contributed by atoms with van der Waals surface area (Å²) in [5.74, 6) is -0.159. The van der Waals surface area contributed by atoms with Crippen LogP contribution in [0, 0.1) is 0 Å². The third kappa shape index (κ3) is 3.75. The third-order valence-electron chi connectivity index (χ3n) is 1.27. The smallest absolute Gasteiger partial charge is 0.319 e. The van der Waals surface area contributed by atoms with Crippen LogP contribution in [-0.2, 0) is 9.59 Å². The van der Waals surface area contributed by atoms with E-state index >= 15 is 0 Å². The molecule has 0 atom stereocenters. The lowest BCUT2D eigenvalue weighted by Gasteiger charge is -2.00. The van der Waals surface area contributed by atoms with Crippen molar-refractivity contribution in [2.24, 2.45) is 0 Å². The summed E-state index contributed by atoms with van der Waals surface area (Å²) < 4.78 is 4.82. The fraction of sp³-hybridized carbons (Fsp3) is 0.111. The first-order chi connectivity index (χ1) is 6.18. The average molecular weight is 196 g/mol. The lowest BCUT2D eigenvalue weighted by atomic mass is 10.3. The van der Waals surface area contributed by atoms with Gasteiger partial charge < -0.3 is 4.74 Å². The van der Waals surface area contributed by atoms with E-state index in [4.69, 9.17) is 4.74 Å². The molecular weight excluding hydrogens is 188 g/mol. The van der Waals surface area contributed by atoms with Crippen molar-refractivity contribution in [3.63, 3.8) is 0 Å². The first-order valence-electron chi connectivity index (χ1n) is 3.66. The molecule has 0 radical (unpaired) electrons. The number of carbonyl (C=O) groups is 2. The van der Waals surface area contributed by atoms with Crippen LogP contribution >= 0.6 is 12.6 Å². The van der Waals surface area contributed by atoms with Crippen molar-refractivity contribution in [2.45, 2.75) is 6.42 Å². The van der Waals surface area contributed by atoms with Crippen molar-refractivity contribution in [2.75, 3.05) is 0 Å². The minimum atomic E-state index is -0.591. The molecule has 0 unspecified atom stereocenters. The van der Waals surface area contributed by atoms with Gasteiger partial charge in [-0.3, -0.25) is 9.59 Å². The molecule has 4 heteroatoms. The van der Waals surface area contributed by atoms with Gasteiger partial charge in [0.2, 0.25) is 0 Å². The van der Waals surface area contributed by atoms with Crippen molar-refractivity contribution in [1.29, 1.82) is 0 Å². The maximum atomic E-state index is 10.9. The van der Waals surface area contributed by atoms with Crippen LogP contribution in [-0.4, -0.2) is 11.1 Å². The number of hydrogen-bond acceptors (Lipinski definition) is 3. The second-order valence-electron chi connectivity index (χ2n) is 2.36. The van der Waals surface area contributed by atoms with Gasteiger partial charge in [0.25, 0.3) is 0 Å². The van der Waals surface area contributed by atoms with Gasteiger partial charge in [-0.05, 0) is 12.1 Å². The van der Waals surface area contributed by atoms with Crippen LogP contribution < -0.4 is 4.74 Å².